The minimum Gasteiger partial charge on any atom is -0.462 e. The molecular weight excluding hydrogens is 188 g/mol. The van der Waals surface area contributed by atoms with Crippen LogP contribution in [0.15, 0.2) is 25.3 Å². The Kier molecular flexibility index (Phi) is 6.76. The molecule has 0 saturated carbocycles. The van der Waals surface area contributed by atoms with E-state index in [-0.39, 0.29) is 11.4 Å². The van der Waals surface area contributed by atoms with E-state index in [0.29, 0.717) is 6.61 Å². The zero-order chi connectivity index (χ0) is 11.7. The van der Waals surface area contributed by atoms with Crippen LogP contribution in [0.3, 0.4) is 0 Å². The normalized spacial score (nSPS) is 10.8. The number of hydrogen-bond donors (Lipinski definition) is 0. The fourth-order valence-electron chi connectivity index (χ4n) is 1.29. The predicted molar refractivity (Wildman–Crippen MR) is 63.6 cm³/mol. The van der Waals surface area contributed by atoms with Crippen LogP contribution in [0.5, 0.6) is 0 Å². The summed E-state index contributed by atoms with van der Waals surface area (Å²) in [5.74, 6) is -0.339. The van der Waals surface area contributed by atoms with E-state index in [1.54, 1.807) is 0 Å². The Morgan fingerprint density at radius 3 is 2.53 bits per heavy atom. The summed E-state index contributed by atoms with van der Waals surface area (Å²) in [6.45, 7) is 11.7. The van der Waals surface area contributed by atoms with Crippen LogP contribution in [-0.4, -0.2) is 12.6 Å². The average Bonchev–Trinajstić information content (AvgIpc) is 2.21. The van der Waals surface area contributed by atoms with E-state index in [9.17, 15) is 4.79 Å². The molecule has 0 aromatic heterocycles. The summed E-state index contributed by atoms with van der Waals surface area (Å²) in [6.07, 6.45) is 7.55. The minimum atomic E-state index is -0.339. The molecule has 0 spiro atoms. The van der Waals surface area contributed by atoms with E-state index in [4.69, 9.17) is 4.74 Å². The molecule has 0 aromatic rings. The summed E-state index contributed by atoms with van der Waals surface area (Å²) in [7, 11) is 0. The van der Waals surface area contributed by atoms with Crippen molar-refractivity contribution in [3.63, 3.8) is 0 Å². The van der Waals surface area contributed by atoms with Crippen molar-refractivity contribution in [1.29, 1.82) is 0 Å². The topological polar surface area (TPSA) is 26.3 Å². The molecule has 15 heavy (non-hydrogen) atoms. The van der Waals surface area contributed by atoms with Crippen molar-refractivity contribution in [3.05, 3.63) is 25.3 Å². The average molecular weight is 210 g/mol. The Balaban J connectivity index is 3.70. The Morgan fingerprint density at radius 2 is 2.00 bits per heavy atom. The van der Waals surface area contributed by atoms with Crippen LogP contribution in [0.1, 0.15) is 39.5 Å². The highest BCUT2D eigenvalue weighted by atomic mass is 16.5. The van der Waals surface area contributed by atoms with Gasteiger partial charge in [0.05, 0.1) is 6.61 Å². The molecule has 0 aliphatic rings. The predicted octanol–water partition coefficient (Wildman–Crippen LogP) is 3.49. The molecule has 0 aromatic carbocycles. The van der Waals surface area contributed by atoms with Crippen LogP contribution >= 0.6 is 0 Å². The third-order valence-corrected chi connectivity index (χ3v) is 2.28. The smallest absolute Gasteiger partial charge is 0.330 e. The fourth-order valence-corrected chi connectivity index (χ4v) is 1.29. The van der Waals surface area contributed by atoms with E-state index in [1.807, 2.05) is 6.08 Å². The Labute approximate surface area is 93.0 Å². The van der Waals surface area contributed by atoms with E-state index < -0.39 is 0 Å². The number of rotatable bonds is 8. The molecule has 0 N–H and O–H groups in total. The van der Waals surface area contributed by atoms with Crippen molar-refractivity contribution in [2.75, 3.05) is 6.61 Å². The molecule has 0 heterocycles. The van der Waals surface area contributed by atoms with Gasteiger partial charge in [-0.3, -0.25) is 0 Å². The molecule has 0 atom stereocenters. The number of unbranched alkanes of at least 4 members (excludes halogenated alkanes) is 2. The Hall–Kier alpha value is -1.05. The van der Waals surface area contributed by atoms with Gasteiger partial charge < -0.3 is 4.74 Å². The summed E-state index contributed by atoms with van der Waals surface area (Å²) in [6, 6.07) is 0. The van der Waals surface area contributed by atoms with Crippen molar-refractivity contribution < 1.29 is 9.53 Å². The van der Waals surface area contributed by atoms with E-state index >= 15 is 0 Å². The van der Waals surface area contributed by atoms with Crippen LogP contribution in [0, 0.1) is 5.41 Å². The van der Waals surface area contributed by atoms with Gasteiger partial charge >= 0.3 is 5.97 Å². The maximum absolute atomic E-state index is 10.9. The van der Waals surface area contributed by atoms with E-state index in [2.05, 4.69) is 27.0 Å². The SMILES string of the molecule is C=CCCCCC(C)(C)COC(=O)C=C. The Bertz CT molecular complexity index is 217. The van der Waals surface area contributed by atoms with Gasteiger partial charge in [0.25, 0.3) is 0 Å². The van der Waals surface area contributed by atoms with Gasteiger partial charge in [-0.05, 0) is 24.7 Å². The lowest BCUT2D eigenvalue weighted by Gasteiger charge is -2.23. The van der Waals surface area contributed by atoms with Crippen LogP contribution in [-0.2, 0) is 9.53 Å². The molecule has 0 saturated heterocycles. The van der Waals surface area contributed by atoms with Gasteiger partial charge in [-0.25, -0.2) is 4.79 Å². The molecule has 86 valence electrons. The molecule has 0 amide bonds. The lowest BCUT2D eigenvalue weighted by Crippen LogP contribution is -2.21. The molecule has 0 aliphatic carbocycles. The van der Waals surface area contributed by atoms with Crippen LogP contribution < -0.4 is 0 Å². The van der Waals surface area contributed by atoms with Gasteiger partial charge in [0.2, 0.25) is 0 Å². The largest absolute Gasteiger partial charge is 0.462 e. The zero-order valence-electron chi connectivity index (χ0n) is 9.92. The number of allylic oxidation sites excluding steroid dienone is 1. The molecular formula is C13H22O2. The summed E-state index contributed by atoms with van der Waals surface area (Å²) < 4.78 is 5.04. The second kappa shape index (κ2) is 7.27. The molecule has 0 fully saturated rings. The highest BCUT2D eigenvalue weighted by Crippen LogP contribution is 2.24. The third-order valence-electron chi connectivity index (χ3n) is 2.28. The maximum Gasteiger partial charge on any atom is 0.330 e. The zero-order valence-corrected chi connectivity index (χ0v) is 9.92. The van der Waals surface area contributed by atoms with E-state index in [0.717, 1.165) is 25.7 Å². The second-order valence-corrected chi connectivity index (χ2v) is 4.51. The number of esters is 1. The van der Waals surface area contributed by atoms with Gasteiger partial charge in [-0.1, -0.05) is 32.9 Å². The molecule has 2 heteroatoms. The number of ether oxygens (including phenoxy) is 1. The molecule has 0 radical (unpaired) electrons. The quantitative estimate of drug-likeness (QED) is 0.265. The molecule has 0 unspecified atom stereocenters. The van der Waals surface area contributed by atoms with Gasteiger partial charge in [0.1, 0.15) is 0 Å². The van der Waals surface area contributed by atoms with Crippen LogP contribution in [0.25, 0.3) is 0 Å². The molecule has 0 aliphatic heterocycles. The number of carbonyl (C=O) groups excluding carboxylic acids is 1. The fraction of sp³-hybridized carbons (Fsp3) is 0.615. The lowest BCUT2D eigenvalue weighted by molar-refractivity contribution is -0.140. The molecule has 0 rings (SSSR count). The first kappa shape index (κ1) is 13.9. The maximum atomic E-state index is 10.9. The van der Waals surface area contributed by atoms with Crippen molar-refractivity contribution in [2.24, 2.45) is 5.41 Å². The van der Waals surface area contributed by atoms with Crippen LogP contribution in [0.4, 0.5) is 0 Å². The van der Waals surface area contributed by atoms with Crippen molar-refractivity contribution in [1.82, 2.24) is 0 Å². The minimum absolute atomic E-state index is 0.0554. The summed E-state index contributed by atoms with van der Waals surface area (Å²) in [5, 5.41) is 0. The van der Waals surface area contributed by atoms with Gasteiger partial charge in [-0.15, -0.1) is 6.58 Å². The summed E-state index contributed by atoms with van der Waals surface area (Å²) in [5.41, 5.74) is 0.0554. The van der Waals surface area contributed by atoms with Crippen molar-refractivity contribution >= 4 is 5.97 Å². The number of hydrogen-bond acceptors (Lipinski definition) is 2. The molecule has 2 nitrogen and oxygen atoms in total. The first-order chi connectivity index (χ1) is 7.02. The first-order valence-electron chi connectivity index (χ1n) is 5.42. The summed E-state index contributed by atoms with van der Waals surface area (Å²) >= 11 is 0. The monoisotopic (exact) mass is 210 g/mol. The van der Waals surface area contributed by atoms with E-state index in [1.165, 1.54) is 6.08 Å². The third kappa shape index (κ3) is 7.98. The Morgan fingerprint density at radius 1 is 1.33 bits per heavy atom. The standard InChI is InChI=1S/C13H22O2/c1-5-7-8-9-10-13(3,4)11-15-12(14)6-2/h5-6H,1-2,7-11H2,3-4H3. The molecule has 0 bridgehead atoms. The van der Waals surface area contributed by atoms with Gasteiger partial charge in [0, 0.05) is 6.08 Å². The van der Waals surface area contributed by atoms with Crippen LogP contribution in [0.2, 0.25) is 0 Å². The van der Waals surface area contributed by atoms with Gasteiger partial charge in [-0.2, -0.15) is 0 Å². The van der Waals surface area contributed by atoms with Gasteiger partial charge in [0.15, 0.2) is 0 Å². The second-order valence-electron chi connectivity index (χ2n) is 4.51. The lowest BCUT2D eigenvalue weighted by atomic mass is 9.88. The highest BCUT2D eigenvalue weighted by Gasteiger charge is 2.18. The highest BCUT2D eigenvalue weighted by molar-refractivity contribution is 5.81. The summed E-state index contributed by atoms with van der Waals surface area (Å²) in [4.78, 5) is 10.9. The first-order valence-corrected chi connectivity index (χ1v) is 5.42. The van der Waals surface area contributed by atoms with Crippen molar-refractivity contribution in [2.45, 2.75) is 39.5 Å². The van der Waals surface area contributed by atoms with Crippen molar-refractivity contribution in [3.8, 4) is 0 Å². The number of carbonyl (C=O) groups is 1.